The fraction of sp³-hybridized carbons (Fsp3) is 0.129. The molecule has 0 aliphatic rings. The van der Waals surface area contributed by atoms with E-state index in [1.807, 2.05) is 65.2 Å². The first kappa shape index (κ1) is 26.5. The number of amides is 2. The smallest absolute Gasteiger partial charge is 0.412 e. The van der Waals surface area contributed by atoms with Gasteiger partial charge in [0.05, 0.1) is 35.9 Å². The predicted octanol–water partition coefficient (Wildman–Crippen LogP) is 5.40. The molecule has 4 heterocycles. The van der Waals surface area contributed by atoms with Crippen molar-refractivity contribution < 1.29 is 19.1 Å². The van der Waals surface area contributed by atoms with Crippen LogP contribution < -0.4 is 10.1 Å². The number of aromatic amines is 1. The molecule has 0 aliphatic heterocycles. The minimum atomic E-state index is -0.690. The fourth-order valence-electron chi connectivity index (χ4n) is 4.74. The molecule has 2 N–H and O–H groups in total. The third-order valence-electron chi connectivity index (χ3n) is 6.86. The molecule has 6 aromatic rings. The zero-order chi connectivity index (χ0) is 29.2. The third-order valence-corrected chi connectivity index (χ3v) is 6.86. The molecule has 0 saturated carbocycles. The average molecular weight is 562 g/mol. The largest absolute Gasteiger partial charge is 0.496 e. The Kier molecular flexibility index (Phi) is 6.97. The number of H-pyrrole nitrogens is 1. The highest BCUT2D eigenvalue weighted by atomic mass is 16.5. The van der Waals surface area contributed by atoms with Gasteiger partial charge in [0.25, 0.3) is 5.91 Å². The Hall–Kier alpha value is -5.71. The predicted molar refractivity (Wildman–Crippen MR) is 158 cm³/mol. The first-order valence-corrected chi connectivity index (χ1v) is 13.1. The summed E-state index contributed by atoms with van der Waals surface area (Å²) in [5, 5.41) is 10.9. The molecule has 0 aliphatic carbocycles. The average Bonchev–Trinajstić information content (AvgIpc) is 3.63. The van der Waals surface area contributed by atoms with E-state index in [-0.39, 0.29) is 12.5 Å². The summed E-state index contributed by atoms with van der Waals surface area (Å²) in [6.07, 6.45) is 4.51. The second-order valence-electron chi connectivity index (χ2n) is 9.73. The van der Waals surface area contributed by atoms with Crippen molar-refractivity contribution in [3.05, 3.63) is 96.6 Å². The molecule has 0 spiro atoms. The molecule has 42 heavy (non-hydrogen) atoms. The van der Waals surface area contributed by atoms with Crippen LogP contribution >= 0.6 is 0 Å². The van der Waals surface area contributed by atoms with Crippen molar-refractivity contribution in [3.63, 3.8) is 0 Å². The van der Waals surface area contributed by atoms with Gasteiger partial charge in [0.15, 0.2) is 5.65 Å². The summed E-state index contributed by atoms with van der Waals surface area (Å²) < 4.78 is 12.8. The number of nitrogens with one attached hydrogen (secondary N) is 2. The summed E-state index contributed by atoms with van der Waals surface area (Å²) in [4.78, 5) is 36.2. The number of benzene rings is 2. The van der Waals surface area contributed by atoms with E-state index in [4.69, 9.17) is 9.47 Å². The number of anilines is 1. The van der Waals surface area contributed by atoms with Gasteiger partial charge in [0.1, 0.15) is 18.0 Å². The van der Waals surface area contributed by atoms with E-state index in [0.717, 1.165) is 39.1 Å². The van der Waals surface area contributed by atoms with E-state index >= 15 is 0 Å². The van der Waals surface area contributed by atoms with Crippen LogP contribution in [0.2, 0.25) is 0 Å². The second kappa shape index (κ2) is 11.0. The molecule has 2 amide bonds. The maximum Gasteiger partial charge on any atom is 0.412 e. The lowest BCUT2D eigenvalue weighted by Crippen LogP contribution is -2.24. The lowest BCUT2D eigenvalue weighted by atomic mass is 10.0. The fourth-order valence-corrected chi connectivity index (χ4v) is 4.74. The highest BCUT2D eigenvalue weighted by molar-refractivity contribution is 6.04. The van der Waals surface area contributed by atoms with E-state index in [9.17, 15) is 9.59 Å². The summed E-state index contributed by atoms with van der Waals surface area (Å²) in [5.41, 5.74) is 5.80. The number of fused-ring (bicyclic) bond motifs is 2. The molecule has 0 unspecified atom stereocenters. The van der Waals surface area contributed by atoms with Gasteiger partial charge in [-0.2, -0.15) is 5.10 Å². The van der Waals surface area contributed by atoms with Crippen LogP contribution in [0.15, 0.2) is 85.3 Å². The van der Waals surface area contributed by atoms with Crippen molar-refractivity contribution in [1.29, 1.82) is 0 Å². The molecule has 0 fully saturated rings. The number of rotatable bonds is 7. The minimum Gasteiger partial charge on any atom is -0.496 e. The molecule has 0 saturated heterocycles. The van der Waals surface area contributed by atoms with Crippen LogP contribution in [0.1, 0.15) is 16.1 Å². The molecule has 0 atom stereocenters. The van der Waals surface area contributed by atoms with Crippen molar-refractivity contribution in [2.75, 3.05) is 26.5 Å². The van der Waals surface area contributed by atoms with Gasteiger partial charge in [-0.3, -0.25) is 15.2 Å². The van der Waals surface area contributed by atoms with Crippen LogP contribution in [0.25, 0.3) is 39.1 Å². The number of methoxy groups -OCH3 is 1. The van der Waals surface area contributed by atoms with Gasteiger partial charge in [-0.05, 0) is 48.0 Å². The second-order valence-corrected chi connectivity index (χ2v) is 9.73. The molecular formula is C31H27N7O4. The zero-order valence-corrected chi connectivity index (χ0v) is 23.2. The highest BCUT2D eigenvalue weighted by Crippen LogP contribution is 2.35. The molecule has 210 valence electrons. The maximum absolute atomic E-state index is 13.2. The van der Waals surface area contributed by atoms with Crippen LogP contribution in [0.4, 0.5) is 10.5 Å². The first-order valence-electron chi connectivity index (χ1n) is 13.1. The van der Waals surface area contributed by atoms with E-state index < -0.39 is 6.09 Å². The van der Waals surface area contributed by atoms with Gasteiger partial charge in [-0.15, -0.1) is 0 Å². The molecule has 11 heteroatoms. The van der Waals surface area contributed by atoms with Crippen molar-refractivity contribution in [1.82, 2.24) is 29.5 Å². The highest BCUT2D eigenvalue weighted by Gasteiger charge is 2.19. The molecule has 0 bridgehead atoms. The number of carbonyl (C=O) groups is 2. The van der Waals surface area contributed by atoms with Crippen LogP contribution in [-0.4, -0.2) is 62.7 Å². The van der Waals surface area contributed by atoms with Gasteiger partial charge in [-0.1, -0.05) is 24.3 Å². The number of carbonyl (C=O) groups excluding carboxylic acids is 2. The molecule has 6 rings (SSSR count). The SMILES string of the molecule is COc1ccccc1-c1[nH]nc2ncc(-c3ccc(NC(=O)OCc4cnc5ccccn45)c(C(=O)N(C)C)c3)cc12. The Morgan fingerprint density at radius 3 is 2.64 bits per heavy atom. The van der Waals surface area contributed by atoms with E-state index in [2.05, 4.69) is 25.5 Å². The summed E-state index contributed by atoms with van der Waals surface area (Å²) >= 11 is 0. The lowest BCUT2D eigenvalue weighted by Gasteiger charge is -2.16. The number of pyridine rings is 2. The number of para-hydroxylation sites is 1. The Bertz CT molecular complexity index is 1940. The Balaban J connectivity index is 1.29. The van der Waals surface area contributed by atoms with Gasteiger partial charge >= 0.3 is 6.09 Å². The zero-order valence-electron chi connectivity index (χ0n) is 23.2. The van der Waals surface area contributed by atoms with Gasteiger partial charge in [0.2, 0.25) is 0 Å². The van der Waals surface area contributed by atoms with Crippen molar-refractivity contribution in [2.24, 2.45) is 0 Å². The van der Waals surface area contributed by atoms with Crippen molar-refractivity contribution in [2.45, 2.75) is 6.61 Å². The van der Waals surface area contributed by atoms with Crippen molar-refractivity contribution >= 4 is 34.4 Å². The Labute approximate surface area is 240 Å². The number of aromatic nitrogens is 5. The summed E-state index contributed by atoms with van der Waals surface area (Å²) in [7, 11) is 4.93. The van der Waals surface area contributed by atoms with Gasteiger partial charge < -0.3 is 18.8 Å². The Morgan fingerprint density at radius 1 is 0.976 bits per heavy atom. The van der Waals surface area contributed by atoms with E-state index in [0.29, 0.717) is 22.6 Å². The van der Waals surface area contributed by atoms with E-state index in [1.54, 1.807) is 45.7 Å². The van der Waals surface area contributed by atoms with Crippen LogP contribution in [-0.2, 0) is 11.3 Å². The molecular weight excluding hydrogens is 534 g/mol. The van der Waals surface area contributed by atoms with E-state index in [1.165, 1.54) is 4.90 Å². The summed E-state index contributed by atoms with van der Waals surface area (Å²) in [5.74, 6) is 0.428. The summed E-state index contributed by atoms with van der Waals surface area (Å²) in [6.45, 7) is 0.0109. The summed E-state index contributed by atoms with van der Waals surface area (Å²) in [6, 6.07) is 20.5. The number of hydrogen-bond acceptors (Lipinski definition) is 7. The van der Waals surface area contributed by atoms with Crippen LogP contribution in [0, 0.1) is 0 Å². The normalized spacial score (nSPS) is 11.0. The molecule has 2 aromatic carbocycles. The quantitative estimate of drug-likeness (QED) is 0.267. The lowest BCUT2D eigenvalue weighted by molar-refractivity contribution is 0.0828. The number of nitrogens with zero attached hydrogens (tertiary/aromatic N) is 5. The molecule has 11 nitrogen and oxygen atoms in total. The van der Waals surface area contributed by atoms with Gasteiger partial charge in [0, 0.05) is 43.0 Å². The standard InChI is InChI=1S/C31H27N7O4/c1-37(2)30(39)23-14-19(11-12-25(23)34-31(40)42-18-21-17-32-27-10-6-7-13-38(21)27)20-15-24-28(35-36-29(24)33-16-20)22-8-4-5-9-26(22)41-3/h4-17H,18H2,1-3H3,(H,34,40)(H,33,35,36). The van der Waals surface area contributed by atoms with Crippen molar-refractivity contribution in [3.8, 4) is 28.1 Å². The minimum absolute atomic E-state index is 0.0109. The van der Waals surface area contributed by atoms with Crippen LogP contribution in [0.3, 0.4) is 0 Å². The molecule has 0 radical (unpaired) electrons. The number of imidazole rings is 1. The third kappa shape index (κ3) is 4.99. The maximum atomic E-state index is 13.2. The first-order chi connectivity index (χ1) is 20.4. The van der Waals surface area contributed by atoms with Crippen LogP contribution in [0.5, 0.6) is 5.75 Å². The number of hydrogen-bond donors (Lipinski definition) is 2. The number of ether oxygens (including phenoxy) is 2. The monoisotopic (exact) mass is 561 g/mol. The van der Waals surface area contributed by atoms with Gasteiger partial charge in [-0.25, -0.2) is 14.8 Å². The topological polar surface area (TPSA) is 127 Å². The Morgan fingerprint density at radius 2 is 1.81 bits per heavy atom. The molecule has 4 aromatic heterocycles.